The Morgan fingerprint density at radius 1 is 1.10 bits per heavy atom. The number of amides is 2. The second kappa shape index (κ2) is 8.82. The van der Waals surface area contributed by atoms with Crippen LogP contribution in [0.5, 0.6) is 5.75 Å². The molecule has 1 N–H and O–H groups in total. The van der Waals surface area contributed by atoms with Crippen LogP contribution in [-0.4, -0.2) is 40.7 Å². The maximum Gasteiger partial charge on any atom is 0.321 e. The fraction of sp³-hybridized carbons (Fsp3) is 0.304. The number of imidazole rings is 1. The number of hydrogen-bond donors (Lipinski definition) is 1. The molecule has 0 bridgehead atoms. The number of nitrogens with zero attached hydrogens (tertiary/aromatic N) is 3. The molecule has 0 saturated carbocycles. The minimum absolute atomic E-state index is 0.0405. The van der Waals surface area contributed by atoms with Crippen LogP contribution in [-0.2, 0) is 6.54 Å². The molecular formula is C23H26N4O2. The van der Waals surface area contributed by atoms with Crippen molar-refractivity contribution in [2.75, 3.05) is 25.5 Å². The number of benzene rings is 2. The zero-order valence-electron chi connectivity index (χ0n) is 16.6. The number of methoxy groups -OCH3 is 1. The van der Waals surface area contributed by atoms with Crippen LogP contribution in [0.2, 0.25) is 0 Å². The Morgan fingerprint density at radius 2 is 1.83 bits per heavy atom. The lowest BCUT2D eigenvalue weighted by atomic mass is 9.97. The first kappa shape index (κ1) is 19.1. The summed E-state index contributed by atoms with van der Waals surface area (Å²) in [4.78, 5) is 19.0. The number of likely N-dealkylation sites (tertiary alicyclic amines) is 1. The van der Waals surface area contributed by atoms with Crippen molar-refractivity contribution in [3.63, 3.8) is 0 Å². The van der Waals surface area contributed by atoms with E-state index in [1.165, 1.54) is 0 Å². The first-order valence-electron chi connectivity index (χ1n) is 9.99. The number of hydrogen-bond acceptors (Lipinski definition) is 3. The normalized spacial score (nSPS) is 14.6. The molecule has 0 unspecified atom stereocenters. The lowest BCUT2D eigenvalue weighted by Gasteiger charge is -2.32. The molecule has 2 aromatic carbocycles. The van der Waals surface area contributed by atoms with E-state index in [1.807, 2.05) is 59.8 Å². The molecule has 6 nitrogen and oxygen atoms in total. The molecule has 150 valence electrons. The highest BCUT2D eigenvalue weighted by atomic mass is 16.5. The summed E-state index contributed by atoms with van der Waals surface area (Å²) in [5.41, 5.74) is 1.91. The SMILES string of the molecule is COc1ccc(NC(=O)N2CCC(Cn3ccnc3-c3ccccc3)CC2)cc1. The smallest absolute Gasteiger partial charge is 0.321 e. The quantitative estimate of drug-likeness (QED) is 0.698. The van der Waals surface area contributed by atoms with E-state index in [0.29, 0.717) is 5.92 Å². The number of ether oxygens (including phenoxy) is 1. The summed E-state index contributed by atoms with van der Waals surface area (Å²) in [6.45, 7) is 2.46. The molecular weight excluding hydrogens is 364 g/mol. The minimum atomic E-state index is -0.0405. The summed E-state index contributed by atoms with van der Waals surface area (Å²) in [5, 5.41) is 2.97. The van der Waals surface area contributed by atoms with E-state index in [4.69, 9.17) is 4.74 Å². The maximum atomic E-state index is 12.6. The van der Waals surface area contributed by atoms with Gasteiger partial charge in [-0.3, -0.25) is 0 Å². The van der Waals surface area contributed by atoms with Gasteiger partial charge in [0.1, 0.15) is 11.6 Å². The molecule has 4 rings (SSSR count). The molecule has 2 amide bonds. The van der Waals surface area contributed by atoms with E-state index >= 15 is 0 Å². The van der Waals surface area contributed by atoms with Gasteiger partial charge in [-0.05, 0) is 43.0 Å². The van der Waals surface area contributed by atoms with Gasteiger partial charge in [0.25, 0.3) is 0 Å². The van der Waals surface area contributed by atoms with E-state index in [-0.39, 0.29) is 6.03 Å². The Balaban J connectivity index is 1.31. The first-order valence-corrected chi connectivity index (χ1v) is 9.99. The molecule has 2 heterocycles. The van der Waals surface area contributed by atoms with Gasteiger partial charge in [0.2, 0.25) is 0 Å². The third kappa shape index (κ3) is 4.59. The highest BCUT2D eigenvalue weighted by molar-refractivity contribution is 5.89. The van der Waals surface area contributed by atoms with Crippen LogP contribution in [0.25, 0.3) is 11.4 Å². The minimum Gasteiger partial charge on any atom is -0.497 e. The maximum absolute atomic E-state index is 12.6. The Hall–Kier alpha value is -3.28. The van der Waals surface area contributed by atoms with Crippen molar-refractivity contribution >= 4 is 11.7 Å². The number of rotatable bonds is 5. The third-order valence-electron chi connectivity index (χ3n) is 5.45. The highest BCUT2D eigenvalue weighted by Crippen LogP contribution is 2.24. The van der Waals surface area contributed by atoms with Crippen molar-refractivity contribution in [1.29, 1.82) is 0 Å². The number of aromatic nitrogens is 2. The summed E-state index contributed by atoms with van der Waals surface area (Å²) in [5.74, 6) is 2.32. The van der Waals surface area contributed by atoms with Crippen LogP contribution in [0.15, 0.2) is 67.0 Å². The fourth-order valence-corrected chi connectivity index (χ4v) is 3.78. The second-order valence-corrected chi connectivity index (χ2v) is 7.36. The Morgan fingerprint density at radius 3 is 2.52 bits per heavy atom. The van der Waals surface area contributed by atoms with Crippen molar-refractivity contribution in [1.82, 2.24) is 14.5 Å². The molecule has 1 fully saturated rings. The van der Waals surface area contributed by atoms with E-state index in [0.717, 1.165) is 55.3 Å². The molecule has 29 heavy (non-hydrogen) atoms. The van der Waals surface area contributed by atoms with Crippen molar-refractivity contribution in [3.05, 3.63) is 67.0 Å². The van der Waals surface area contributed by atoms with Crippen LogP contribution in [0.4, 0.5) is 10.5 Å². The zero-order valence-corrected chi connectivity index (χ0v) is 16.6. The van der Waals surface area contributed by atoms with E-state index in [9.17, 15) is 4.79 Å². The van der Waals surface area contributed by atoms with Gasteiger partial charge < -0.3 is 19.5 Å². The van der Waals surface area contributed by atoms with Crippen LogP contribution in [0.3, 0.4) is 0 Å². The average Bonchev–Trinajstić information content (AvgIpc) is 3.23. The van der Waals surface area contributed by atoms with E-state index in [1.54, 1.807) is 7.11 Å². The molecule has 0 radical (unpaired) electrons. The summed E-state index contributed by atoms with van der Waals surface area (Å²) < 4.78 is 7.38. The monoisotopic (exact) mass is 390 g/mol. The second-order valence-electron chi connectivity index (χ2n) is 7.36. The largest absolute Gasteiger partial charge is 0.497 e. The Labute approximate surface area is 171 Å². The van der Waals surface area contributed by atoms with E-state index < -0.39 is 0 Å². The van der Waals surface area contributed by atoms with Gasteiger partial charge in [-0.1, -0.05) is 30.3 Å². The zero-order chi connectivity index (χ0) is 20.1. The van der Waals surface area contributed by atoms with Gasteiger partial charge in [0.05, 0.1) is 7.11 Å². The molecule has 0 aliphatic carbocycles. The van der Waals surface area contributed by atoms with E-state index in [2.05, 4.69) is 27.0 Å². The van der Waals surface area contributed by atoms with Crippen LogP contribution in [0, 0.1) is 5.92 Å². The van der Waals surface area contributed by atoms with Crippen LogP contribution < -0.4 is 10.1 Å². The van der Waals surface area contributed by atoms with Crippen molar-refractivity contribution in [2.24, 2.45) is 5.92 Å². The number of urea groups is 1. The molecule has 1 aliphatic rings. The van der Waals surface area contributed by atoms with Gasteiger partial charge >= 0.3 is 6.03 Å². The fourth-order valence-electron chi connectivity index (χ4n) is 3.78. The standard InChI is InChI=1S/C23H26N4O2/c1-29-21-9-7-20(8-10-21)25-23(28)26-14-11-18(12-15-26)17-27-16-13-24-22(27)19-5-3-2-4-6-19/h2-10,13,16,18H,11-12,14-15,17H2,1H3,(H,25,28). The first-order chi connectivity index (χ1) is 14.2. The predicted octanol–water partition coefficient (Wildman–Crippen LogP) is 4.50. The van der Waals surface area contributed by atoms with Crippen LogP contribution >= 0.6 is 0 Å². The highest BCUT2D eigenvalue weighted by Gasteiger charge is 2.23. The number of nitrogens with one attached hydrogen (secondary N) is 1. The Bertz CT molecular complexity index is 929. The van der Waals surface area contributed by atoms with Gasteiger partial charge in [0, 0.05) is 43.3 Å². The Kier molecular flexibility index (Phi) is 5.79. The summed E-state index contributed by atoms with van der Waals surface area (Å²) in [7, 11) is 1.63. The summed E-state index contributed by atoms with van der Waals surface area (Å²) >= 11 is 0. The van der Waals surface area contributed by atoms with Gasteiger partial charge in [-0.25, -0.2) is 9.78 Å². The molecule has 1 saturated heterocycles. The van der Waals surface area contributed by atoms with Gasteiger partial charge in [-0.2, -0.15) is 0 Å². The number of carbonyl (C=O) groups is 1. The molecule has 0 atom stereocenters. The van der Waals surface area contributed by atoms with Gasteiger partial charge in [0.15, 0.2) is 0 Å². The number of carbonyl (C=O) groups excluding carboxylic acids is 1. The topological polar surface area (TPSA) is 59.4 Å². The molecule has 3 aromatic rings. The van der Waals surface area contributed by atoms with Gasteiger partial charge in [-0.15, -0.1) is 0 Å². The lowest BCUT2D eigenvalue weighted by molar-refractivity contribution is 0.177. The lowest BCUT2D eigenvalue weighted by Crippen LogP contribution is -2.41. The average molecular weight is 390 g/mol. The van der Waals surface area contributed by atoms with Crippen LogP contribution in [0.1, 0.15) is 12.8 Å². The van der Waals surface area contributed by atoms with Crippen molar-refractivity contribution < 1.29 is 9.53 Å². The summed E-state index contributed by atoms with van der Waals surface area (Å²) in [6, 6.07) is 17.6. The number of anilines is 1. The number of piperidine rings is 1. The predicted molar refractivity (Wildman–Crippen MR) is 114 cm³/mol. The van der Waals surface area contributed by atoms with Crippen molar-refractivity contribution in [2.45, 2.75) is 19.4 Å². The molecule has 1 aromatic heterocycles. The third-order valence-corrected chi connectivity index (χ3v) is 5.45. The molecule has 6 heteroatoms. The van der Waals surface area contributed by atoms with Crippen molar-refractivity contribution in [3.8, 4) is 17.1 Å². The molecule has 1 aliphatic heterocycles. The summed E-state index contributed by atoms with van der Waals surface area (Å²) in [6.07, 6.45) is 5.88. The molecule has 0 spiro atoms.